The molecule has 0 radical (unpaired) electrons. The van der Waals surface area contributed by atoms with Crippen LogP contribution < -0.4 is 4.90 Å². The Balaban J connectivity index is 1.20. The molecule has 1 aliphatic rings. The third-order valence-corrected chi connectivity index (χ3v) is 8.99. The summed E-state index contributed by atoms with van der Waals surface area (Å²) in [7, 11) is 0. The summed E-state index contributed by atoms with van der Waals surface area (Å²) in [6.45, 7) is 2.19. The monoisotopic (exact) mass is 563 g/mol. The highest BCUT2D eigenvalue weighted by Gasteiger charge is 2.29. The summed E-state index contributed by atoms with van der Waals surface area (Å²) in [5, 5.41) is 4.99. The van der Waals surface area contributed by atoms with Crippen LogP contribution >= 0.6 is 0 Å². The largest absolute Gasteiger partial charge is 0.306 e. The molecule has 3 nitrogen and oxygen atoms in total. The topological polar surface area (TPSA) is 21.1 Å². The molecule has 0 aliphatic carbocycles. The third kappa shape index (κ3) is 3.79. The average molecular weight is 564 g/mol. The normalized spacial score (nSPS) is 12.2. The Morgan fingerprint density at radius 1 is 0.477 bits per heavy atom. The van der Waals surface area contributed by atoms with Gasteiger partial charge in [0.1, 0.15) is 5.82 Å². The van der Waals surface area contributed by atoms with Crippen molar-refractivity contribution in [2.45, 2.75) is 13.3 Å². The van der Waals surface area contributed by atoms with Crippen molar-refractivity contribution in [3.05, 3.63) is 151 Å². The van der Waals surface area contributed by atoms with Gasteiger partial charge in [0.05, 0.1) is 28.1 Å². The molecule has 1 aliphatic heterocycles. The molecule has 208 valence electrons. The van der Waals surface area contributed by atoms with Crippen LogP contribution in [-0.4, -0.2) is 9.55 Å². The van der Waals surface area contributed by atoms with Crippen LogP contribution in [0.15, 0.2) is 146 Å². The Bertz CT molecular complexity index is 2380. The predicted molar refractivity (Wildman–Crippen MR) is 185 cm³/mol. The van der Waals surface area contributed by atoms with E-state index in [1.54, 1.807) is 0 Å². The molecule has 0 amide bonds. The van der Waals surface area contributed by atoms with E-state index >= 15 is 0 Å². The molecule has 3 heteroatoms. The highest BCUT2D eigenvalue weighted by molar-refractivity contribution is 6.04. The van der Waals surface area contributed by atoms with Gasteiger partial charge in [-0.25, -0.2) is 4.98 Å². The molecule has 0 bridgehead atoms. The zero-order valence-corrected chi connectivity index (χ0v) is 24.4. The number of benzene rings is 7. The zero-order chi connectivity index (χ0) is 29.2. The van der Waals surface area contributed by atoms with Crippen molar-refractivity contribution < 1.29 is 0 Å². The van der Waals surface area contributed by atoms with Gasteiger partial charge in [-0.05, 0) is 98.4 Å². The van der Waals surface area contributed by atoms with Crippen LogP contribution in [0.3, 0.4) is 0 Å². The van der Waals surface area contributed by atoms with E-state index in [1.807, 2.05) is 0 Å². The predicted octanol–water partition coefficient (Wildman–Crippen LogP) is 11.0. The van der Waals surface area contributed by atoms with Gasteiger partial charge < -0.3 is 4.90 Å². The summed E-state index contributed by atoms with van der Waals surface area (Å²) in [6, 6.07) is 52.8. The SMILES string of the molecule is CCc1nc2cc(-c3ccc4cc(-c5ccc6ccccc6c5)ccc4c3)cc3c2n1-c1ccccc1N3c1ccccc1. The molecule has 2 heterocycles. The third-order valence-electron chi connectivity index (χ3n) is 8.99. The molecule has 0 saturated carbocycles. The van der Waals surface area contributed by atoms with Gasteiger partial charge in [0.15, 0.2) is 0 Å². The number of anilines is 3. The minimum absolute atomic E-state index is 0.860. The molecular weight excluding hydrogens is 534 g/mol. The summed E-state index contributed by atoms with van der Waals surface area (Å²) >= 11 is 0. The lowest BCUT2D eigenvalue weighted by molar-refractivity contribution is 0.900. The van der Waals surface area contributed by atoms with Gasteiger partial charge in [-0.1, -0.05) is 97.9 Å². The van der Waals surface area contributed by atoms with Crippen molar-refractivity contribution >= 4 is 49.6 Å². The van der Waals surface area contributed by atoms with Crippen LogP contribution in [0.1, 0.15) is 12.7 Å². The molecule has 0 N–H and O–H groups in total. The van der Waals surface area contributed by atoms with Gasteiger partial charge in [-0.3, -0.25) is 4.57 Å². The molecule has 44 heavy (non-hydrogen) atoms. The summed E-state index contributed by atoms with van der Waals surface area (Å²) in [5.74, 6) is 1.08. The van der Waals surface area contributed by atoms with E-state index in [-0.39, 0.29) is 0 Å². The Morgan fingerprint density at radius 3 is 1.75 bits per heavy atom. The lowest BCUT2D eigenvalue weighted by atomic mass is 9.96. The number of fused-ring (bicyclic) bond motifs is 4. The van der Waals surface area contributed by atoms with Crippen LogP contribution in [0.25, 0.3) is 60.5 Å². The number of hydrogen-bond donors (Lipinski definition) is 0. The lowest BCUT2D eigenvalue weighted by Crippen LogP contribution is -2.19. The van der Waals surface area contributed by atoms with E-state index in [1.165, 1.54) is 49.5 Å². The quantitative estimate of drug-likeness (QED) is 0.212. The van der Waals surface area contributed by atoms with Crippen molar-refractivity contribution in [3.8, 4) is 27.9 Å². The van der Waals surface area contributed by atoms with Crippen LogP contribution in [0.5, 0.6) is 0 Å². The molecule has 8 aromatic rings. The lowest BCUT2D eigenvalue weighted by Gasteiger charge is -2.33. The molecule has 0 saturated heterocycles. The van der Waals surface area contributed by atoms with Crippen LogP contribution in [0.4, 0.5) is 17.1 Å². The minimum atomic E-state index is 0.860. The fourth-order valence-electron chi connectivity index (χ4n) is 6.87. The molecule has 0 spiro atoms. The molecule has 0 fully saturated rings. The van der Waals surface area contributed by atoms with Crippen molar-refractivity contribution in [1.29, 1.82) is 0 Å². The van der Waals surface area contributed by atoms with E-state index in [9.17, 15) is 0 Å². The van der Waals surface area contributed by atoms with Gasteiger partial charge >= 0.3 is 0 Å². The van der Waals surface area contributed by atoms with Gasteiger partial charge in [0.2, 0.25) is 0 Å². The molecule has 0 unspecified atom stereocenters. The summed E-state index contributed by atoms with van der Waals surface area (Å²) in [5.41, 5.74) is 11.6. The standard InChI is InChI=1S/C41H29N3/c1-2-40-42-36-25-34(26-39-41(36)44(40)38-15-9-8-14-37(38)43(39)35-12-4-3-5-13-35)33-21-20-31-23-30(18-19-32(31)24-33)29-17-16-27-10-6-7-11-28(27)22-29/h3-26H,2H2,1H3. The fourth-order valence-corrected chi connectivity index (χ4v) is 6.87. The van der Waals surface area contributed by atoms with E-state index in [0.717, 1.165) is 40.3 Å². The van der Waals surface area contributed by atoms with Crippen molar-refractivity contribution in [2.75, 3.05) is 4.90 Å². The maximum absolute atomic E-state index is 5.18. The maximum atomic E-state index is 5.18. The summed E-state index contributed by atoms with van der Waals surface area (Å²) in [6.07, 6.45) is 0.860. The number of aryl methyl sites for hydroxylation is 1. The van der Waals surface area contributed by atoms with Gasteiger partial charge in [0, 0.05) is 12.1 Å². The molecule has 1 aromatic heterocycles. The first-order valence-corrected chi connectivity index (χ1v) is 15.3. The van der Waals surface area contributed by atoms with Crippen LogP contribution in [-0.2, 0) is 6.42 Å². The molecular formula is C41H29N3. The highest BCUT2D eigenvalue weighted by atomic mass is 15.2. The van der Waals surface area contributed by atoms with Crippen LogP contribution in [0, 0.1) is 0 Å². The Kier molecular flexibility index (Phi) is 5.48. The first-order valence-electron chi connectivity index (χ1n) is 15.3. The highest BCUT2D eigenvalue weighted by Crippen LogP contribution is 2.48. The van der Waals surface area contributed by atoms with Gasteiger partial charge in [-0.2, -0.15) is 0 Å². The van der Waals surface area contributed by atoms with E-state index in [4.69, 9.17) is 4.98 Å². The van der Waals surface area contributed by atoms with Crippen molar-refractivity contribution in [1.82, 2.24) is 9.55 Å². The first-order chi connectivity index (χ1) is 21.7. The first kappa shape index (κ1) is 24.9. The van der Waals surface area contributed by atoms with E-state index < -0.39 is 0 Å². The number of aromatic nitrogens is 2. The molecule has 0 atom stereocenters. The second kappa shape index (κ2) is 9.68. The second-order valence-corrected chi connectivity index (χ2v) is 11.6. The van der Waals surface area contributed by atoms with Gasteiger partial charge in [-0.15, -0.1) is 0 Å². The Labute approximate surface area is 256 Å². The minimum Gasteiger partial charge on any atom is -0.306 e. The average Bonchev–Trinajstić information content (AvgIpc) is 3.47. The van der Waals surface area contributed by atoms with Gasteiger partial charge in [0.25, 0.3) is 0 Å². The zero-order valence-electron chi connectivity index (χ0n) is 24.4. The second-order valence-electron chi connectivity index (χ2n) is 11.6. The summed E-state index contributed by atoms with van der Waals surface area (Å²) < 4.78 is 2.36. The molecule has 9 rings (SSSR count). The number of para-hydroxylation sites is 3. The summed E-state index contributed by atoms with van der Waals surface area (Å²) in [4.78, 5) is 7.57. The Morgan fingerprint density at radius 2 is 1.05 bits per heavy atom. The van der Waals surface area contributed by atoms with Crippen LogP contribution in [0.2, 0.25) is 0 Å². The Hall–Kier alpha value is -5.67. The van der Waals surface area contributed by atoms with E-state index in [0.29, 0.717) is 0 Å². The number of rotatable bonds is 4. The molecule has 7 aromatic carbocycles. The number of nitrogens with zero attached hydrogens (tertiary/aromatic N) is 3. The van der Waals surface area contributed by atoms with E-state index in [2.05, 4.69) is 162 Å². The number of imidazole rings is 1. The number of hydrogen-bond acceptors (Lipinski definition) is 2. The fraction of sp³-hybridized carbons (Fsp3) is 0.0488. The van der Waals surface area contributed by atoms with Crippen molar-refractivity contribution in [3.63, 3.8) is 0 Å². The van der Waals surface area contributed by atoms with Crippen molar-refractivity contribution in [2.24, 2.45) is 0 Å². The maximum Gasteiger partial charge on any atom is 0.114 e. The smallest absolute Gasteiger partial charge is 0.114 e.